The average molecular weight is 472 g/mol. The molecule has 35 heavy (non-hydrogen) atoms. The molecule has 0 fully saturated rings. The zero-order chi connectivity index (χ0) is 24.9. The van der Waals surface area contributed by atoms with Crippen LogP contribution in [0.25, 0.3) is 17.1 Å². The SMILES string of the molecule is CC(C)C(=O)Nc1cc(C(=O)N[C@H](C)c2ccc(F)cc2)cc(-c2cn(-c3ccccn3)cn2)c1. The Labute approximate surface area is 203 Å². The van der Waals surface area contributed by atoms with E-state index in [4.69, 9.17) is 0 Å². The van der Waals surface area contributed by atoms with Crippen molar-refractivity contribution in [3.8, 4) is 17.1 Å². The molecule has 0 unspecified atom stereocenters. The molecule has 4 aromatic rings. The number of carbonyl (C=O) groups is 2. The van der Waals surface area contributed by atoms with Gasteiger partial charge in [-0.1, -0.05) is 32.0 Å². The summed E-state index contributed by atoms with van der Waals surface area (Å²) >= 11 is 0. The summed E-state index contributed by atoms with van der Waals surface area (Å²) in [6, 6.07) is 16.4. The predicted molar refractivity (Wildman–Crippen MR) is 133 cm³/mol. The molecule has 2 amide bonds. The summed E-state index contributed by atoms with van der Waals surface area (Å²) in [7, 11) is 0. The Morgan fingerprint density at radius 3 is 2.43 bits per heavy atom. The first-order chi connectivity index (χ1) is 16.8. The monoisotopic (exact) mass is 471 g/mol. The van der Waals surface area contributed by atoms with Crippen LogP contribution in [-0.2, 0) is 4.79 Å². The minimum Gasteiger partial charge on any atom is -0.346 e. The fraction of sp³-hybridized carbons (Fsp3) is 0.185. The van der Waals surface area contributed by atoms with E-state index in [1.807, 2.05) is 31.3 Å². The molecule has 0 saturated heterocycles. The van der Waals surface area contributed by atoms with Gasteiger partial charge in [0.25, 0.3) is 5.91 Å². The molecule has 2 aromatic heterocycles. The van der Waals surface area contributed by atoms with Crippen molar-refractivity contribution in [2.45, 2.75) is 26.8 Å². The van der Waals surface area contributed by atoms with Crippen molar-refractivity contribution in [2.24, 2.45) is 5.92 Å². The van der Waals surface area contributed by atoms with Crippen LogP contribution in [0, 0.1) is 11.7 Å². The summed E-state index contributed by atoms with van der Waals surface area (Å²) < 4.78 is 15.0. The largest absolute Gasteiger partial charge is 0.346 e. The van der Waals surface area contributed by atoms with Crippen molar-refractivity contribution in [3.05, 3.63) is 96.3 Å². The number of carbonyl (C=O) groups excluding carboxylic acids is 2. The molecule has 2 aromatic carbocycles. The second kappa shape index (κ2) is 10.3. The third-order valence-electron chi connectivity index (χ3n) is 5.50. The molecule has 0 aliphatic heterocycles. The first-order valence-corrected chi connectivity index (χ1v) is 11.3. The average Bonchev–Trinajstić information content (AvgIpc) is 3.35. The van der Waals surface area contributed by atoms with Gasteiger partial charge >= 0.3 is 0 Å². The number of pyridine rings is 1. The van der Waals surface area contributed by atoms with Gasteiger partial charge < -0.3 is 10.6 Å². The Balaban J connectivity index is 1.65. The van der Waals surface area contributed by atoms with Crippen LogP contribution in [0.5, 0.6) is 0 Å². The first kappa shape index (κ1) is 23.8. The van der Waals surface area contributed by atoms with Crippen LogP contribution >= 0.6 is 0 Å². The van der Waals surface area contributed by atoms with Crippen LogP contribution in [-0.4, -0.2) is 26.3 Å². The number of anilines is 1. The maximum absolute atomic E-state index is 13.3. The summed E-state index contributed by atoms with van der Waals surface area (Å²) in [5.74, 6) is -0.338. The van der Waals surface area contributed by atoms with Crippen LogP contribution in [0.15, 0.2) is 79.4 Å². The van der Waals surface area contributed by atoms with E-state index >= 15 is 0 Å². The van der Waals surface area contributed by atoms with Crippen molar-refractivity contribution < 1.29 is 14.0 Å². The van der Waals surface area contributed by atoms with Gasteiger partial charge in [-0.3, -0.25) is 14.2 Å². The summed E-state index contributed by atoms with van der Waals surface area (Å²) in [4.78, 5) is 34.3. The molecule has 0 aliphatic carbocycles. The van der Waals surface area contributed by atoms with Crippen molar-refractivity contribution in [1.29, 1.82) is 0 Å². The Morgan fingerprint density at radius 1 is 0.971 bits per heavy atom. The summed E-state index contributed by atoms with van der Waals surface area (Å²) in [6.45, 7) is 5.42. The Bertz CT molecular complexity index is 1330. The van der Waals surface area contributed by atoms with Crippen molar-refractivity contribution in [1.82, 2.24) is 19.9 Å². The lowest BCUT2D eigenvalue weighted by Crippen LogP contribution is -2.27. The highest BCUT2D eigenvalue weighted by Gasteiger charge is 2.17. The molecular weight excluding hydrogens is 445 g/mol. The molecule has 0 saturated carbocycles. The number of hydrogen-bond acceptors (Lipinski definition) is 4. The van der Waals surface area contributed by atoms with E-state index in [1.54, 1.807) is 61.3 Å². The minimum atomic E-state index is -0.344. The molecule has 1 atom stereocenters. The van der Waals surface area contributed by atoms with E-state index in [-0.39, 0.29) is 29.6 Å². The highest BCUT2D eigenvalue weighted by molar-refractivity contribution is 5.99. The van der Waals surface area contributed by atoms with Crippen molar-refractivity contribution >= 4 is 17.5 Å². The molecule has 7 nitrogen and oxygen atoms in total. The molecule has 0 aliphatic rings. The van der Waals surface area contributed by atoms with E-state index in [9.17, 15) is 14.0 Å². The fourth-order valence-corrected chi connectivity index (χ4v) is 3.48. The smallest absolute Gasteiger partial charge is 0.251 e. The second-order valence-corrected chi connectivity index (χ2v) is 8.54. The zero-order valence-corrected chi connectivity index (χ0v) is 19.7. The number of benzene rings is 2. The highest BCUT2D eigenvalue weighted by Crippen LogP contribution is 2.26. The topological polar surface area (TPSA) is 88.9 Å². The maximum Gasteiger partial charge on any atom is 0.251 e. The number of halogens is 1. The lowest BCUT2D eigenvalue weighted by atomic mass is 10.0. The van der Waals surface area contributed by atoms with E-state index < -0.39 is 0 Å². The van der Waals surface area contributed by atoms with Gasteiger partial charge in [0.1, 0.15) is 18.0 Å². The van der Waals surface area contributed by atoms with E-state index in [2.05, 4.69) is 20.6 Å². The predicted octanol–water partition coefficient (Wildman–Crippen LogP) is 5.16. The molecule has 2 N–H and O–H groups in total. The molecule has 178 valence electrons. The van der Waals surface area contributed by atoms with E-state index in [0.717, 1.165) is 5.56 Å². The number of rotatable bonds is 7. The quantitative estimate of drug-likeness (QED) is 0.390. The van der Waals surface area contributed by atoms with E-state index in [0.29, 0.717) is 28.3 Å². The van der Waals surface area contributed by atoms with Gasteiger partial charge in [-0.25, -0.2) is 14.4 Å². The van der Waals surface area contributed by atoms with Crippen LogP contribution in [0.1, 0.15) is 42.7 Å². The Kier molecular flexibility index (Phi) is 7.01. The van der Waals surface area contributed by atoms with Gasteiger partial charge in [0.15, 0.2) is 0 Å². The zero-order valence-electron chi connectivity index (χ0n) is 19.7. The van der Waals surface area contributed by atoms with Gasteiger partial charge in [-0.2, -0.15) is 0 Å². The normalized spacial score (nSPS) is 11.8. The molecule has 0 bridgehead atoms. The van der Waals surface area contributed by atoms with Crippen molar-refractivity contribution in [2.75, 3.05) is 5.32 Å². The lowest BCUT2D eigenvalue weighted by Gasteiger charge is -2.16. The van der Waals surface area contributed by atoms with Crippen LogP contribution in [0.4, 0.5) is 10.1 Å². The molecule has 2 heterocycles. The Hall–Kier alpha value is -4.33. The molecule has 4 rings (SSSR count). The van der Waals surface area contributed by atoms with E-state index in [1.165, 1.54) is 12.1 Å². The van der Waals surface area contributed by atoms with Crippen LogP contribution in [0.2, 0.25) is 0 Å². The van der Waals surface area contributed by atoms with Crippen LogP contribution in [0.3, 0.4) is 0 Å². The number of imidazole rings is 1. The maximum atomic E-state index is 13.3. The summed E-state index contributed by atoms with van der Waals surface area (Å²) in [5.41, 5.74) is 2.92. The number of nitrogens with zero attached hydrogens (tertiary/aromatic N) is 3. The van der Waals surface area contributed by atoms with Gasteiger partial charge in [-0.15, -0.1) is 0 Å². The van der Waals surface area contributed by atoms with Gasteiger partial charge in [0, 0.05) is 35.1 Å². The number of amides is 2. The van der Waals surface area contributed by atoms with Crippen molar-refractivity contribution in [3.63, 3.8) is 0 Å². The van der Waals surface area contributed by atoms with Gasteiger partial charge in [-0.05, 0) is 55.0 Å². The number of hydrogen-bond donors (Lipinski definition) is 2. The standard InChI is InChI=1S/C27H26FN5O2/c1-17(2)26(34)32-23-13-20(24-15-33(16-30-24)25-6-4-5-11-29-25)12-21(14-23)27(35)31-18(3)19-7-9-22(28)10-8-19/h4-18H,1-3H3,(H,31,35)(H,32,34)/t18-/m1/s1. The van der Waals surface area contributed by atoms with Gasteiger partial charge in [0.05, 0.1) is 11.7 Å². The highest BCUT2D eigenvalue weighted by atomic mass is 19.1. The molecule has 0 radical (unpaired) electrons. The second-order valence-electron chi connectivity index (χ2n) is 8.54. The van der Waals surface area contributed by atoms with Gasteiger partial charge in [0.2, 0.25) is 5.91 Å². The summed E-state index contributed by atoms with van der Waals surface area (Å²) in [6.07, 6.45) is 5.16. The van der Waals surface area contributed by atoms with Crippen LogP contribution < -0.4 is 10.6 Å². The molecule has 0 spiro atoms. The number of aromatic nitrogens is 3. The lowest BCUT2D eigenvalue weighted by molar-refractivity contribution is -0.118. The molecular formula is C27H26FN5O2. The Morgan fingerprint density at radius 2 is 1.74 bits per heavy atom. The fourth-order valence-electron chi connectivity index (χ4n) is 3.48. The number of nitrogens with one attached hydrogen (secondary N) is 2. The summed E-state index contributed by atoms with van der Waals surface area (Å²) in [5, 5.41) is 5.80. The third kappa shape index (κ3) is 5.78. The first-order valence-electron chi connectivity index (χ1n) is 11.3. The molecule has 8 heteroatoms. The minimum absolute atomic E-state index is 0.160. The third-order valence-corrected chi connectivity index (χ3v) is 5.50.